The first-order chi connectivity index (χ1) is 17.7. The average Bonchev–Trinajstić information content (AvgIpc) is 3.46. The standard InChI is InChI=1S/C23H30F2O12S/c1-3-22(9-5-4-6-10-22)37-21(29)15-14-16-19(36-20(14)28)18(17(15)35-16)34-13(27)8-7-12(26)33-11(2)23(24,25)38(30,31)32/h11,14-19H,3-10H2,1-2H3,(H,30,31,32). The molecule has 2 bridgehead atoms. The van der Waals surface area contributed by atoms with E-state index >= 15 is 0 Å². The van der Waals surface area contributed by atoms with E-state index in [4.69, 9.17) is 23.5 Å². The molecule has 0 aromatic carbocycles. The molecule has 1 aliphatic carbocycles. The van der Waals surface area contributed by atoms with Crippen LogP contribution in [-0.4, -0.2) is 78.2 Å². The van der Waals surface area contributed by atoms with E-state index < -0.39 is 100 Å². The van der Waals surface area contributed by atoms with Gasteiger partial charge in [0.05, 0.1) is 12.8 Å². The summed E-state index contributed by atoms with van der Waals surface area (Å²) in [7, 11) is -5.83. The number of fused-ring (bicyclic) bond motifs is 1. The normalized spacial score (nSPS) is 32.4. The van der Waals surface area contributed by atoms with Gasteiger partial charge in [0.15, 0.2) is 18.3 Å². The lowest BCUT2D eigenvalue weighted by atomic mass is 9.77. The van der Waals surface area contributed by atoms with Crippen LogP contribution in [0.1, 0.15) is 65.2 Å². The summed E-state index contributed by atoms with van der Waals surface area (Å²) in [6.45, 7) is 2.49. The van der Waals surface area contributed by atoms with E-state index in [1.165, 1.54) is 0 Å². The van der Waals surface area contributed by atoms with Crippen molar-refractivity contribution in [1.29, 1.82) is 0 Å². The Morgan fingerprint density at radius 3 is 2.34 bits per heavy atom. The maximum Gasteiger partial charge on any atom is 0.405 e. The van der Waals surface area contributed by atoms with E-state index in [1.54, 1.807) is 0 Å². The van der Waals surface area contributed by atoms with E-state index in [0.717, 1.165) is 19.3 Å². The highest BCUT2D eigenvalue weighted by Crippen LogP contribution is 2.52. The highest BCUT2D eigenvalue weighted by molar-refractivity contribution is 7.86. The first kappa shape index (κ1) is 28.6. The topological polar surface area (TPSA) is 169 Å². The average molecular weight is 569 g/mol. The van der Waals surface area contributed by atoms with E-state index in [1.807, 2.05) is 6.92 Å². The Hall–Kier alpha value is -2.39. The Bertz CT molecular complexity index is 1090. The summed E-state index contributed by atoms with van der Waals surface area (Å²) in [5.74, 6) is -5.53. The van der Waals surface area contributed by atoms with Crippen LogP contribution >= 0.6 is 0 Å². The van der Waals surface area contributed by atoms with Crippen LogP contribution in [0.3, 0.4) is 0 Å². The Morgan fingerprint density at radius 2 is 1.74 bits per heavy atom. The Balaban J connectivity index is 1.36. The van der Waals surface area contributed by atoms with Gasteiger partial charge in [-0.1, -0.05) is 13.3 Å². The van der Waals surface area contributed by atoms with Gasteiger partial charge in [0.25, 0.3) is 0 Å². The maximum absolute atomic E-state index is 13.6. The second kappa shape index (κ2) is 10.3. The minimum atomic E-state index is -5.83. The largest absolute Gasteiger partial charge is 0.459 e. The number of hydrogen-bond donors (Lipinski definition) is 1. The van der Waals surface area contributed by atoms with Crippen molar-refractivity contribution in [3.05, 3.63) is 0 Å². The van der Waals surface area contributed by atoms with Crippen molar-refractivity contribution in [2.24, 2.45) is 11.8 Å². The number of carbonyl (C=O) groups is 4. The summed E-state index contributed by atoms with van der Waals surface area (Å²) in [4.78, 5) is 50.1. The monoisotopic (exact) mass is 568 g/mol. The smallest absolute Gasteiger partial charge is 0.405 e. The number of alkyl halides is 2. The van der Waals surface area contributed by atoms with Crippen molar-refractivity contribution in [3.63, 3.8) is 0 Å². The van der Waals surface area contributed by atoms with Crippen LogP contribution < -0.4 is 0 Å². The zero-order chi connectivity index (χ0) is 28.0. The van der Waals surface area contributed by atoms with E-state index in [9.17, 15) is 36.4 Å². The van der Waals surface area contributed by atoms with Crippen molar-refractivity contribution < 1.29 is 64.6 Å². The van der Waals surface area contributed by atoms with Crippen LogP contribution in [0, 0.1) is 11.8 Å². The molecule has 0 radical (unpaired) electrons. The molecular formula is C23H30F2O12S. The quantitative estimate of drug-likeness (QED) is 0.230. The number of halogens is 2. The molecule has 4 aliphatic rings. The molecule has 12 nitrogen and oxygen atoms in total. The van der Waals surface area contributed by atoms with Crippen LogP contribution in [-0.2, 0) is 53.0 Å². The van der Waals surface area contributed by atoms with Gasteiger partial charge >= 0.3 is 39.2 Å². The predicted octanol–water partition coefficient (Wildman–Crippen LogP) is 1.69. The third kappa shape index (κ3) is 5.11. The molecule has 1 saturated carbocycles. The summed E-state index contributed by atoms with van der Waals surface area (Å²) < 4.78 is 84.0. The molecule has 7 unspecified atom stereocenters. The van der Waals surface area contributed by atoms with Crippen LogP contribution in [0.2, 0.25) is 0 Å². The molecule has 4 fully saturated rings. The minimum absolute atomic E-state index is 0.566. The molecule has 3 heterocycles. The van der Waals surface area contributed by atoms with Gasteiger partial charge in [0.1, 0.15) is 29.6 Å². The molecule has 1 N–H and O–H groups in total. The van der Waals surface area contributed by atoms with E-state index in [0.29, 0.717) is 26.2 Å². The number of ether oxygens (including phenoxy) is 5. The van der Waals surface area contributed by atoms with Gasteiger partial charge in [-0.25, -0.2) is 0 Å². The molecule has 0 amide bonds. The van der Waals surface area contributed by atoms with Crippen molar-refractivity contribution in [2.75, 3.05) is 0 Å². The van der Waals surface area contributed by atoms with Gasteiger partial charge in [-0.05, 0) is 39.0 Å². The molecular weight excluding hydrogens is 538 g/mol. The fraction of sp³-hybridized carbons (Fsp3) is 0.826. The van der Waals surface area contributed by atoms with Crippen LogP contribution in [0.5, 0.6) is 0 Å². The molecule has 3 aliphatic heterocycles. The molecule has 7 atom stereocenters. The molecule has 38 heavy (non-hydrogen) atoms. The third-order valence-electron chi connectivity index (χ3n) is 7.83. The predicted molar refractivity (Wildman–Crippen MR) is 119 cm³/mol. The van der Waals surface area contributed by atoms with Crippen molar-refractivity contribution in [1.82, 2.24) is 0 Å². The lowest BCUT2D eigenvalue weighted by Crippen LogP contribution is -2.50. The Labute approximate surface area is 217 Å². The first-order valence-corrected chi connectivity index (χ1v) is 14.0. The lowest BCUT2D eigenvalue weighted by molar-refractivity contribution is -0.177. The maximum atomic E-state index is 13.6. The summed E-state index contributed by atoms with van der Waals surface area (Å²) in [6, 6.07) is 0. The Morgan fingerprint density at radius 1 is 1.11 bits per heavy atom. The fourth-order valence-electron chi connectivity index (χ4n) is 5.69. The number of rotatable bonds is 10. The summed E-state index contributed by atoms with van der Waals surface area (Å²) >= 11 is 0. The fourth-order valence-corrected chi connectivity index (χ4v) is 6.16. The summed E-state index contributed by atoms with van der Waals surface area (Å²) in [6.07, 6.45) is -2.91. The van der Waals surface area contributed by atoms with Gasteiger partial charge in [-0.15, -0.1) is 0 Å². The summed E-state index contributed by atoms with van der Waals surface area (Å²) in [5.41, 5.74) is -0.630. The van der Waals surface area contributed by atoms with Gasteiger partial charge < -0.3 is 23.7 Å². The van der Waals surface area contributed by atoms with Crippen LogP contribution in [0.25, 0.3) is 0 Å². The molecule has 0 aromatic heterocycles. The van der Waals surface area contributed by atoms with Gasteiger partial charge in [-0.3, -0.25) is 23.7 Å². The van der Waals surface area contributed by atoms with Crippen molar-refractivity contribution in [3.8, 4) is 0 Å². The molecule has 15 heteroatoms. The minimum Gasteiger partial charge on any atom is -0.459 e. The third-order valence-corrected chi connectivity index (χ3v) is 8.85. The van der Waals surface area contributed by atoms with E-state index in [-0.39, 0.29) is 0 Å². The van der Waals surface area contributed by atoms with Crippen molar-refractivity contribution >= 4 is 34.0 Å². The second-order valence-electron chi connectivity index (χ2n) is 10.2. The molecule has 4 rings (SSSR count). The molecule has 3 saturated heterocycles. The highest BCUT2D eigenvalue weighted by atomic mass is 32.2. The van der Waals surface area contributed by atoms with Crippen molar-refractivity contribution in [2.45, 2.75) is 107 Å². The van der Waals surface area contributed by atoms with Gasteiger partial charge in [0, 0.05) is 0 Å². The molecule has 0 spiro atoms. The van der Waals surface area contributed by atoms with Gasteiger partial charge in [-0.2, -0.15) is 17.2 Å². The zero-order valence-corrected chi connectivity index (χ0v) is 21.6. The molecule has 0 aromatic rings. The SMILES string of the molecule is CCC1(OC(=O)C2C3OC4C(OC(=O)C42)C3OC(=O)CCC(=O)OC(C)C(F)(F)S(=O)(=O)O)CCCCC1. The van der Waals surface area contributed by atoms with Gasteiger partial charge in [0.2, 0.25) is 0 Å². The van der Waals surface area contributed by atoms with Crippen LogP contribution in [0.15, 0.2) is 0 Å². The first-order valence-electron chi connectivity index (χ1n) is 12.5. The lowest BCUT2D eigenvalue weighted by Gasteiger charge is -2.38. The number of hydrogen-bond acceptors (Lipinski definition) is 11. The highest BCUT2D eigenvalue weighted by Gasteiger charge is 2.72. The Kier molecular flexibility index (Phi) is 7.76. The number of esters is 4. The number of carbonyl (C=O) groups excluding carboxylic acids is 4. The zero-order valence-electron chi connectivity index (χ0n) is 20.8. The summed E-state index contributed by atoms with van der Waals surface area (Å²) in [5, 5.41) is -4.75. The van der Waals surface area contributed by atoms with E-state index in [2.05, 4.69) is 4.74 Å². The van der Waals surface area contributed by atoms with Crippen LogP contribution in [0.4, 0.5) is 8.78 Å². The molecule has 214 valence electrons. The second-order valence-corrected chi connectivity index (χ2v) is 11.7.